The minimum atomic E-state index is -0.675. The summed E-state index contributed by atoms with van der Waals surface area (Å²) in [5, 5.41) is 9.62. The Kier molecular flexibility index (Phi) is 8.43. The lowest BCUT2D eigenvalue weighted by molar-refractivity contribution is -0.117. The summed E-state index contributed by atoms with van der Waals surface area (Å²) in [6, 6.07) is 11.4. The molecule has 1 saturated heterocycles. The first-order chi connectivity index (χ1) is 21.0. The molecular weight excluding hydrogens is 569 g/mol. The number of hydrogen-bond acceptors (Lipinski definition) is 9. The summed E-state index contributed by atoms with van der Waals surface area (Å²) >= 11 is 0. The molecule has 4 heterocycles. The van der Waals surface area contributed by atoms with Gasteiger partial charge in [-0.15, -0.1) is 0 Å². The molecular formula is C31H30FN7O5. The van der Waals surface area contributed by atoms with Crippen molar-refractivity contribution in [2.75, 3.05) is 16.6 Å². The maximum atomic E-state index is 14.5. The standard InChI is InChI=1S/C31H30FN7O5/c1-20(35-30(42)44-31(2,3)4)10-11-24-25(16-22(32)17-33-24)38-15-13-27(40)39(38)26-12-14-37-28(36-26)23(18-34-37)29(41)43-19-21-8-6-5-7-9-21/h5-9,12,14,16-18,20H,13,15,19H2,1-4H3,(H,35,42)/t20-/m1/s1. The second-order valence-corrected chi connectivity index (χ2v) is 10.9. The summed E-state index contributed by atoms with van der Waals surface area (Å²) in [5.41, 5.74) is 0.851. The van der Waals surface area contributed by atoms with Gasteiger partial charge in [-0.1, -0.05) is 36.3 Å². The number of nitrogens with zero attached hydrogens (tertiary/aromatic N) is 6. The van der Waals surface area contributed by atoms with Crippen molar-refractivity contribution in [1.82, 2.24) is 24.9 Å². The smallest absolute Gasteiger partial charge is 0.408 e. The van der Waals surface area contributed by atoms with E-state index in [0.29, 0.717) is 0 Å². The van der Waals surface area contributed by atoms with Crippen molar-refractivity contribution in [2.24, 2.45) is 0 Å². The number of halogens is 1. The van der Waals surface area contributed by atoms with E-state index in [2.05, 4.69) is 32.2 Å². The van der Waals surface area contributed by atoms with Gasteiger partial charge in [-0.05, 0) is 39.2 Å². The second kappa shape index (κ2) is 12.4. The normalized spacial score (nSPS) is 13.8. The average Bonchev–Trinajstić information content (AvgIpc) is 3.57. The van der Waals surface area contributed by atoms with Gasteiger partial charge in [-0.3, -0.25) is 9.80 Å². The predicted molar refractivity (Wildman–Crippen MR) is 158 cm³/mol. The van der Waals surface area contributed by atoms with Crippen molar-refractivity contribution in [1.29, 1.82) is 0 Å². The number of ether oxygens (including phenoxy) is 2. The molecule has 1 fully saturated rings. The summed E-state index contributed by atoms with van der Waals surface area (Å²) in [6.07, 6.45) is 3.40. The number of carbonyl (C=O) groups excluding carboxylic acids is 3. The third-order valence-corrected chi connectivity index (χ3v) is 6.27. The molecule has 0 spiro atoms. The number of hydrazine groups is 1. The fraction of sp³-hybridized carbons (Fsp3) is 0.290. The van der Waals surface area contributed by atoms with Gasteiger partial charge in [0.05, 0.1) is 24.1 Å². The number of carbonyl (C=O) groups is 3. The van der Waals surface area contributed by atoms with Crippen LogP contribution < -0.4 is 15.3 Å². The largest absolute Gasteiger partial charge is 0.457 e. The summed E-state index contributed by atoms with van der Waals surface area (Å²) in [5.74, 6) is 4.37. The fourth-order valence-corrected chi connectivity index (χ4v) is 4.36. The van der Waals surface area contributed by atoms with Gasteiger partial charge < -0.3 is 14.8 Å². The van der Waals surface area contributed by atoms with Gasteiger partial charge in [0.2, 0.25) is 5.91 Å². The van der Waals surface area contributed by atoms with Crippen LogP contribution in [0.25, 0.3) is 5.65 Å². The third-order valence-electron chi connectivity index (χ3n) is 6.27. The molecule has 0 aliphatic carbocycles. The van der Waals surface area contributed by atoms with Crippen molar-refractivity contribution < 1.29 is 28.2 Å². The highest BCUT2D eigenvalue weighted by Crippen LogP contribution is 2.30. The topological polar surface area (TPSA) is 131 Å². The molecule has 1 aliphatic rings. The monoisotopic (exact) mass is 599 g/mol. The zero-order valence-corrected chi connectivity index (χ0v) is 24.6. The first kappa shape index (κ1) is 30.0. The number of rotatable bonds is 6. The molecule has 0 radical (unpaired) electrons. The third kappa shape index (κ3) is 6.92. The Balaban J connectivity index is 1.41. The van der Waals surface area contributed by atoms with Crippen LogP contribution in [-0.4, -0.2) is 55.7 Å². The highest BCUT2D eigenvalue weighted by Gasteiger charge is 2.34. The Morgan fingerprint density at radius 1 is 1.16 bits per heavy atom. The van der Waals surface area contributed by atoms with Crippen LogP contribution in [0, 0.1) is 17.7 Å². The number of amides is 2. The SMILES string of the molecule is C[C@H](C#Cc1ncc(F)cc1N1CCC(=O)N1c1ccn2ncc(C(=O)OCc3ccccc3)c2n1)NC(=O)OC(C)(C)C. The lowest BCUT2D eigenvalue weighted by Crippen LogP contribution is -2.40. The Bertz CT molecular complexity index is 1770. The van der Waals surface area contributed by atoms with Gasteiger partial charge in [0.1, 0.15) is 29.3 Å². The van der Waals surface area contributed by atoms with Gasteiger partial charge in [-0.25, -0.2) is 33.5 Å². The lowest BCUT2D eigenvalue weighted by atomic mass is 10.2. The van der Waals surface area contributed by atoms with Crippen molar-refractivity contribution in [3.63, 3.8) is 0 Å². The summed E-state index contributed by atoms with van der Waals surface area (Å²) < 4.78 is 26.6. The van der Waals surface area contributed by atoms with E-state index in [1.54, 1.807) is 40.0 Å². The zero-order chi connectivity index (χ0) is 31.4. The fourth-order valence-electron chi connectivity index (χ4n) is 4.36. The van der Waals surface area contributed by atoms with Gasteiger partial charge in [0.25, 0.3) is 0 Å². The van der Waals surface area contributed by atoms with Crippen molar-refractivity contribution >= 4 is 35.1 Å². The van der Waals surface area contributed by atoms with Gasteiger partial charge in [-0.2, -0.15) is 5.10 Å². The van der Waals surface area contributed by atoms with Crippen molar-refractivity contribution in [3.8, 4) is 11.8 Å². The van der Waals surface area contributed by atoms with E-state index in [-0.39, 0.29) is 53.9 Å². The van der Waals surface area contributed by atoms with Crippen LogP contribution in [0.15, 0.2) is 61.1 Å². The molecule has 44 heavy (non-hydrogen) atoms. The molecule has 1 aliphatic heterocycles. The van der Waals surface area contributed by atoms with E-state index in [9.17, 15) is 18.8 Å². The van der Waals surface area contributed by atoms with E-state index in [1.165, 1.54) is 26.8 Å². The molecule has 2 amide bonds. The lowest BCUT2D eigenvalue weighted by Gasteiger charge is -2.29. The van der Waals surface area contributed by atoms with Crippen LogP contribution in [-0.2, 0) is 20.9 Å². The number of aromatic nitrogens is 4. The molecule has 4 aromatic rings. The second-order valence-electron chi connectivity index (χ2n) is 10.9. The molecule has 5 rings (SSSR count). The van der Waals surface area contributed by atoms with Crippen LogP contribution in [0.4, 0.5) is 20.7 Å². The Morgan fingerprint density at radius 2 is 1.93 bits per heavy atom. The molecule has 1 aromatic carbocycles. The number of pyridine rings is 1. The Morgan fingerprint density at radius 3 is 2.68 bits per heavy atom. The molecule has 1 atom stereocenters. The maximum absolute atomic E-state index is 14.5. The minimum absolute atomic E-state index is 0.0669. The number of anilines is 2. The molecule has 12 nitrogen and oxygen atoms in total. The van der Waals surface area contributed by atoms with Crippen LogP contribution in [0.3, 0.4) is 0 Å². The molecule has 226 valence electrons. The Labute approximate surface area is 252 Å². The quantitative estimate of drug-likeness (QED) is 0.258. The number of fused-ring (bicyclic) bond motifs is 1. The molecule has 13 heteroatoms. The molecule has 3 aromatic heterocycles. The van der Waals surface area contributed by atoms with E-state index < -0.39 is 29.5 Å². The maximum Gasteiger partial charge on any atom is 0.408 e. The average molecular weight is 600 g/mol. The van der Waals surface area contributed by atoms with E-state index in [0.717, 1.165) is 11.8 Å². The number of esters is 1. The molecule has 0 unspecified atom stereocenters. The molecule has 0 saturated carbocycles. The van der Waals surface area contributed by atoms with E-state index in [1.807, 2.05) is 30.3 Å². The van der Waals surface area contributed by atoms with Crippen molar-refractivity contribution in [3.05, 3.63) is 83.7 Å². The molecule has 0 bridgehead atoms. The number of hydrogen-bond donors (Lipinski definition) is 1. The molecule has 1 N–H and O–H groups in total. The first-order valence-electron chi connectivity index (χ1n) is 13.8. The van der Waals surface area contributed by atoms with Crippen LogP contribution >= 0.6 is 0 Å². The highest BCUT2D eigenvalue weighted by molar-refractivity contribution is 6.00. The van der Waals surface area contributed by atoms with Gasteiger partial charge in [0, 0.05) is 31.3 Å². The van der Waals surface area contributed by atoms with E-state index >= 15 is 0 Å². The number of alkyl carbamates (subject to hydrolysis) is 1. The summed E-state index contributed by atoms with van der Waals surface area (Å²) in [6.45, 7) is 7.18. The van der Waals surface area contributed by atoms with Crippen LogP contribution in [0.2, 0.25) is 0 Å². The summed E-state index contributed by atoms with van der Waals surface area (Å²) in [4.78, 5) is 46.9. The highest BCUT2D eigenvalue weighted by atomic mass is 19.1. The Hall–Kier alpha value is -5.51. The van der Waals surface area contributed by atoms with E-state index in [4.69, 9.17) is 9.47 Å². The number of nitrogens with one attached hydrogen (secondary N) is 1. The number of benzene rings is 1. The van der Waals surface area contributed by atoms with Gasteiger partial charge in [0.15, 0.2) is 11.5 Å². The zero-order valence-electron chi connectivity index (χ0n) is 24.6. The first-order valence-corrected chi connectivity index (χ1v) is 13.8. The minimum Gasteiger partial charge on any atom is -0.457 e. The van der Waals surface area contributed by atoms with Crippen molar-refractivity contribution in [2.45, 2.75) is 52.4 Å². The van der Waals surface area contributed by atoms with Crippen LogP contribution in [0.1, 0.15) is 55.7 Å². The summed E-state index contributed by atoms with van der Waals surface area (Å²) in [7, 11) is 0. The predicted octanol–water partition coefficient (Wildman–Crippen LogP) is 4.04. The van der Waals surface area contributed by atoms with Gasteiger partial charge >= 0.3 is 12.1 Å². The van der Waals surface area contributed by atoms with Crippen LogP contribution in [0.5, 0.6) is 0 Å².